The molecular weight excluding hydrogens is 374 g/mol. The zero-order valence-electron chi connectivity index (χ0n) is 18.6. The molecule has 3 aliphatic heterocycles. The number of rotatable bonds is 0. The molecule has 4 aromatic rings. The predicted octanol–water partition coefficient (Wildman–Crippen LogP) is 7.58. The number of quaternary nitrogens is 1. The lowest BCUT2D eigenvalue weighted by molar-refractivity contribution is 0.0417. The summed E-state index contributed by atoms with van der Waals surface area (Å²) in [7, 11) is 0. The number of hydrogen-bond donors (Lipinski definition) is 0. The van der Waals surface area contributed by atoms with Crippen LogP contribution >= 0.6 is 0 Å². The Bertz CT molecular complexity index is 1370. The lowest BCUT2D eigenvalue weighted by Gasteiger charge is -2.54. The second-order valence-corrected chi connectivity index (χ2v) is 10.9. The van der Waals surface area contributed by atoms with Gasteiger partial charge < -0.3 is 0 Å². The highest BCUT2D eigenvalue weighted by atomic mass is 15.4. The zero-order chi connectivity index (χ0) is 20.8. The highest BCUT2D eigenvalue weighted by molar-refractivity contribution is 6.07. The fourth-order valence-corrected chi connectivity index (χ4v) is 7.38. The summed E-state index contributed by atoms with van der Waals surface area (Å²) >= 11 is 0. The van der Waals surface area contributed by atoms with Gasteiger partial charge in [-0.3, -0.25) is 4.48 Å². The average Bonchev–Trinajstić information content (AvgIpc) is 2.80. The van der Waals surface area contributed by atoms with Crippen LogP contribution in [0.2, 0.25) is 0 Å². The van der Waals surface area contributed by atoms with Gasteiger partial charge in [-0.1, -0.05) is 61.5 Å². The quantitative estimate of drug-likeness (QED) is 0.265. The third-order valence-corrected chi connectivity index (χ3v) is 8.72. The monoisotopic (exact) mass is 404 g/mol. The van der Waals surface area contributed by atoms with Crippen molar-refractivity contribution >= 4 is 27.2 Å². The van der Waals surface area contributed by atoms with Crippen molar-refractivity contribution in [2.75, 3.05) is 19.6 Å². The molecule has 0 aromatic heterocycles. The molecule has 0 amide bonds. The van der Waals surface area contributed by atoms with Gasteiger partial charge in [-0.2, -0.15) is 0 Å². The third kappa shape index (κ3) is 2.36. The Morgan fingerprint density at radius 2 is 1.55 bits per heavy atom. The normalized spacial score (nSPS) is 25.7. The van der Waals surface area contributed by atoms with Crippen LogP contribution in [0, 0.1) is 12.3 Å². The molecule has 1 saturated heterocycles. The van der Waals surface area contributed by atoms with Crippen LogP contribution in [-0.4, -0.2) is 19.6 Å². The molecule has 1 saturated carbocycles. The van der Waals surface area contributed by atoms with E-state index in [4.69, 9.17) is 0 Å². The topological polar surface area (TPSA) is 0 Å². The predicted molar refractivity (Wildman–Crippen MR) is 133 cm³/mol. The molecule has 8 rings (SSSR count). The summed E-state index contributed by atoms with van der Waals surface area (Å²) in [5, 5.41) is 5.73. The average molecular weight is 405 g/mol. The molecule has 4 aliphatic rings. The minimum atomic E-state index is 0.460. The first-order valence-corrected chi connectivity index (χ1v) is 12.0. The van der Waals surface area contributed by atoms with E-state index in [2.05, 4.69) is 80.6 Å². The van der Waals surface area contributed by atoms with Crippen molar-refractivity contribution in [2.45, 2.75) is 39.0 Å². The van der Waals surface area contributed by atoms with Gasteiger partial charge in [0.1, 0.15) is 5.69 Å². The van der Waals surface area contributed by atoms with Gasteiger partial charge in [0.05, 0.1) is 25.2 Å². The van der Waals surface area contributed by atoms with Crippen molar-refractivity contribution in [3.63, 3.8) is 0 Å². The van der Waals surface area contributed by atoms with Gasteiger partial charge in [0.15, 0.2) is 0 Å². The molecule has 1 aliphatic carbocycles. The van der Waals surface area contributed by atoms with Crippen molar-refractivity contribution in [3.8, 4) is 11.1 Å². The van der Waals surface area contributed by atoms with Crippen LogP contribution in [0.3, 0.4) is 0 Å². The van der Waals surface area contributed by atoms with E-state index >= 15 is 0 Å². The van der Waals surface area contributed by atoms with Crippen molar-refractivity contribution in [3.05, 3.63) is 77.9 Å². The number of nitrogens with zero attached hydrogens (tertiary/aromatic N) is 1. The summed E-state index contributed by atoms with van der Waals surface area (Å²) in [4.78, 5) is 0. The maximum atomic E-state index is 2.56. The number of fused-ring (bicyclic) bond motifs is 2. The van der Waals surface area contributed by atoms with Gasteiger partial charge in [-0.05, 0) is 70.0 Å². The number of aryl methyl sites for hydroxylation is 1. The fourth-order valence-electron chi connectivity index (χ4n) is 7.38. The molecule has 154 valence electrons. The highest BCUT2D eigenvalue weighted by Crippen LogP contribution is 2.60. The van der Waals surface area contributed by atoms with Crippen molar-refractivity contribution in [1.82, 2.24) is 4.48 Å². The van der Waals surface area contributed by atoms with Gasteiger partial charge in [0.25, 0.3) is 0 Å². The van der Waals surface area contributed by atoms with E-state index in [-0.39, 0.29) is 0 Å². The summed E-state index contributed by atoms with van der Waals surface area (Å²) in [6, 6.07) is 25.6. The van der Waals surface area contributed by atoms with Crippen LogP contribution < -0.4 is 4.48 Å². The largest absolute Gasteiger partial charge is 0.290 e. The van der Waals surface area contributed by atoms with E-state index in [0.29, 0.717) is 11.3 Å². The standard InChI is InChI=1S/C30H30N/c1-20-16-26-28(25-11-6-5-9-23(20)25)22-17-30(2,18-22)19-31(14-7-15-31)27-13-12-21-8-3-4-10-24(21)29(26)27/h3-6,8-13,16,22H,7,14-15,17-19H2,1-2H3/q+1. The van der Waals surface area contributed by atoms with E-state index in [1.165, 1.54) is 81.6 Å². The Labute approximate surface area is 184 Å². The SMILES string of the molecule is Cc1cc2c(c3ccccc13)C1CC(C)(C1)C[N+]1(CCC1)c1ccc3ccccc3c1-2. The van der Waals surface area contributed by atoms with Crippen LogP contribution in [0.5, 0.6) is 0 Å². The van der Waals surface area contributed by atoms with Gasteiger partial charge in [-0.25, -0.2) is 0 Å². The zero-order valence-corrected chi connectivity index (χ0v) is 18.6. The molecule has 1 heteroatoms. The maximum Gasteiger partial charge on any atom is 0.141 e. The lowest BCUT2D eigenvalue weighted by atomic mass is 9.59. The van der Waals surface area contributed by atoms with Gasteiger partial charge in [0.2, 0.25) is 0 Å². The summed E-state index contributed by atoms with van der Waals surface area (Å²) < 4.78 is 1.19. The second kappa shape index (κ2) is 5.99. The molecule has 2 fully saturated rings. The van der Waals surface area contributed by atoms with Crippen LogP contribution in [0.25, 0.3) is 32.7 Å². The third-order valence-electron chi connectivity index (χ3n) is 8.72. The summed E-state index contributed by atoms with van der Waals surface area (Å²) in [5.41, 5.74) is 8.11. The minimum absolute atomic E-state index is 0.460. The Morgan fingerprint density at radius 3 is 2.29 bits per heavy atom. The molecule has 1 nitrogen and oxygen atoms in total. The first kappa shape index (κ1) is 18.0. The first-order valence-electron chi connectivity index (χ1n) is 12.0. The molecule has 0 atom stereocenters. The number of hydrogen-bond acceptors (Lipinski definition) is 0. The highest BCUT2D eigenvalue weighted by Gasteiger charge is 2.53. The first-order chi connectivity index (χ1) is 15.1. The van der Waals surface area contributed by atoms with Crippen LogP contribution in [-0.2, 0) is 0 Å². The molecular formula is C30H30N+. The summed E-state index contributed by atoms with van der Waals surface area (Å²) in [5.74, 6) is 0.678. The van der Waals surface area contributed by atoms with Crippen LogP contribution in [0.4, 0.5) is 5.69 Å². The molecule has 1 spiro atoms. The Morgan fingerprint density at radius 1 is 0.839 bits per heavy atom. The molecule has 31 heavy (non-hydrogen) atoms. The van der Waals surface area contributed by atoms with E-state index in [1.54, 1.807) is 11.3 Å². The molecule has 2 bridgehead atoms. The summed E-state index contributed by atoms with van der Waals surface area (Å²) in [6.07, 6.45) is 4.02. The van der Waals surface area contributed by atoms with E-state index in [0.717, 1.165) is 0 Å². The van der Waals surface area contributed by atoms with Crippen LogP contribution in [0.15, 0.2) is 66.7 Å². The number of benzene rings is 4. The maximum absolute atomic E-state index is 2.56. The Hall–Kier alpha value is -2.64. The molecule has 3 heterocycles. The Kier molecular flexibility index (Phi) is 3.47. The van der Waals surface area contributed by atoms with E-state index in [9.17, 15) is 0 Å². The van der Waals surface area contributed by atoms with Crippen molar-refractivity contribution < 1.29 is 0 Å². The second-order valence-electron chi connectivity index (χ2n) is 10.9. The van der Waals surface area contributed by atoms with E-state index in [1.807, 2.05) is 0 Å². The smallest absolute Gasteiger partial charge is 0.141 e. The van der Waals surface area contributed by atoms with Gasteiger partial charge in [-0.15, -0.1) is 0 Å². The molecule has 0 radical (unpaired) electrons. The molecule has 4 aromatic carbocycles. The molecule has 0 N–H and O–H groups in total. The van der Waals surface area contributed by atoms with Gasteiger partial charge >= 0.3 is 0 Å². The molecule has 0 unspecified atom stereocenters. The van der Waals surface area contributed by atoms with Gasteiger partial charge in [0, 0.05) is 17.9 Å². The lowest BCUT2D eigenvalue weighted by Crippen LogP contribution is -2.64. The van der Waals surface area contributed by atoms with Crippen molar-refractivity contribution in [2.24, 2.45) is 5.41 Å². The fraction of sp³-hybridized carbons (Fsp3) is 0.333. The van der Waals surface area contributed by atoms with E-state index < -0.39 is 0 Å². The van der Waals surface area contributed by atoms with Crippen molar-refractivity contribution in [1.29, 1.82) is 0 Å². The minimum Gasteiger partial charge on any atom is -0.290 e. The summed E-state index contributed by atoms with van der Waals surface area (Å²) in [6.45, 7) is 8.77. The van der Waals surface area contributed by atoms with Crippen LogP contribution in [0.1, 0.15) is 43.2 Å². The Balaban J connectivity index is 1.67.